The molecule has 0 aromatic heterocycles. The minimum absolute atomic E-state index is 0.164. The highest BCUT2D eigenvalue weighted by molar-refractivity contribution is 6.49. The molecule has 0 spiro atoms. The first-order valence-electron chi connectivity index (χ1n) is 8.11. The predicted molar refractivity (Wildman–Crippen MR) is 93.5 cm³/mol. The number of benzene rings is 2. The maximum absolute atomic E-state index is 12.3. The third-order valence-corrected chi connectivity index (χ3v) is 3.52. The summed E-state index contributed by atoms with van der Waals surface area (Å²) in [5.74, 6) is -2.40. The van der Waals surface area contributed by atoms with Crippen molar-refractivity contribution in [2.45, 2.75) is 13.8 Å². The van der Waals surface area contributed by atoms with Crippen molar-refractivity contribution in [2.24, 2.45) is 0 Å². The van der Waals surface area contributed by atoms with Crippen LogP contribution in [0.2, 0.25) is 0 Å². The van der Waals surface area contributed by atoms with E-state index >= 15 is 0 Å². The fraction of sp³-hybridized carbons (Fsp3) is 0.200. The van der Waals surface area contributed by atoms with Crippen molar-refractivity contribution in [2.75, 3.05) is 13.2 Å². The van der Waals surface area contributed by atoms with Gasteiger partial charge in [-0.3, -0.25) is 9.59 Å². The first-order valence-corrected chi connectivity index (χ1v) is 8.11. The van der Waals surface area contributed by atoms with Crippen LogP contribution < -0.4 is 0 Å². The quantitative estimate of drug-likeness (QED) is 0.431. The van der Waals surface area contributed by atoms with Crippen LogP contribution in [0.25, 0.3) is 0 Å². The SMILES string of the molecule is CCOC(=O)c1ccc(C(=O)C(=O)c2ccc(C(=O)OCC)cc2)cc1. The van der Waals surface area contributed by atoms with Gasteiger partial charge in [-0.25, -0.2) is 9.59 Å². The van der Waals surface area contributed by atoms with Crippen molar-refractivity contribution in [3.05, 3.63) is 70.8 Å². The van der Waals surface area contributed by atoms with E-state index in [0.29, 0.717) is 11.1 Å². The van der Waals surface area contributed by atoms with Crippen molar-refractivity contribution in [1.82, 2.24) is 0 Å². The van der Waals surface area contributed by atoms with Crippen molar-refractivity contribution in [3.63, 3.8) is 0 Å². The van der Waals surface area contributed by atoms with Gasteiger partial charge in [-0.15, -0.1) is 0 Å². The number of hydrogen-bond acceptors (Lipinski definition) is 6. The summed E-state index contributed by atoms with van der Waals surface area (Å²) in [4.78, 5) is 47.8. The second kappa shape index (κ2) is 8.71. The lowest BCUT2D eigenvalue weighted by Crippen LogP contribution is -2.15. The average Bonchev–Trinajstić information content (AvgIpc) is 2.67. The molecule has 0 amide bonds. The molecular weight excluding hydrogens is 336 g/mol. The van der Waals surface area contributed by atoms with E-state index in [1.807, 2.05) is 0 Å². The molecule has 0 saturated heterocycles. The zero-order valence-corrected chi connectivity index (χ0v) is 14.5. The Hall–Kier alpha value is -3.28. The summed E-state index contributed by atoms with van der Waals surface area (Å²) in [6.07, 6.45) is 0. The summed E-state index contributed by atoms with van der Waals surface area (Å²) in [6, 6.07) is 11.3. The highest BCUT2D eigenvalue weighted by atomic mass is 16.5. The normalized spacial score (nSPS) is 10.1. The summed E-state index contributed by atoms with van der Waals surface area (Å²) in [5.41, 5.74) is 0.930. The van der Waals surface area contributed by atoms with Crippen molar-refractivity contribution in [3.8, 4) is 0 Å². The number of rotatable bonds is 7. The maximum Gasteiger partial charge on any atom is 0.338 e. The Morgan fingerprint density at radius 3 is 1.12 bits per heavy atom. The van der Waals surface area contributed by atoms with Gasteiger partial charge in [0.05, 0.1) is 24.3 Å². The number of hydrogen-bond donors (Lipinski definition) is 0. The smallest absolute Gasteiger partial charge is 0.338 e. The van der Waals surface area contributed by atoms with E-state index in [1.165, 1.54) is 48.5 Å². The van der Waals surface area contributed by atoms with Crippen LogP contribution in [0.1, 0.15) is 55.3 Å². The third-order valence-electron chi connectivity index (χ3n) is 3.52. The highest BCUT2D eigenvalue weighted by Gasteiger charge is 2.19. The molecule has 0 heterocycles. The fourth-order valence-electron chi connectivity index (χ4n) is 2.21. The molecule has 2 aromatic carbocycles. The second-order valence-corrected chi connectivity index (χ2v) is 5.25. The molecule has 0 fully saturated rings. The second-order valence-electron chi connectivity index (χ2n) is 5.25. The van der Waals surface area contributed by atoms with E-state index in [0.717, 1.165) is 0 Å². The van der Waals surface area contributed by atoms with Crippen LogP contribution in [0.4, 0.5) is 0 Å². The fourth-order valence-corrected chi connectivity index (χ4v) is 2.21. The van der Waals surface area contributed by atoms with E-state index < -0.39 is 23.5 Å². The molecular formula is C20H18O6. The maximum atomic E-state index is 12.3. The largest absolute Gasteiger partial charge is 0.462 e. The van der Waals surface area contributed by atoms with Gasteiger partial charge in [0.15, 0.2) is 0 Å². The first-order chi connectivity index (χ1) is 12.5. The number of carbonyl (C=O) groups excluding carboxylic acids is 4. The lowest BCUT2D eigenvalue weighted by Gasteiger charge is -2.05. The Balaban J connectivity index is 2.13. The van der Waals surface area contributed by atoms with Gasteiger partial charge in [0, 0.05) is 11.1 Å². The van der Waals surface area contributed by atoms with Gasteiger partial charge < -0.3 is 9.47 Å². The van der Waals surface area contributed by atoms with Crippen molar-refractivity contribution >= 4 is 23.5 Å². The molecule has 6 heteroatoms. The molecule has 0 N–H and O–H groups in total. The van der Waals surface area contributed by atoms with Gasteiger partial charge in [-0.05, 0) is 38.1 Å². The summed E-state index contributed by atoms with van der Waals surface area (Å²) in [6.45, 7) is 3.89. The number of ether oxygens (including phenoxy) is 2. The summed E-state index contributed by atoms with van der Waals surface area (Å²) in [7, 11) is 0. The highest BCUT2D eigenvalue weighted by Crippen LogP contribution is 2.12. The number of esters is 2. The van der Waals surface area contributed by atoms with E-state index in [4.69, 9.17) is 9.47 Å². The van der Waals surface area contributed by atoms with Crippen molar-refractivity contribution in [1.29, 1.82) is 0 Å². The Bertz CT molecular complexity index is 747. The molecule has 0 atom stereocenters. The van der Waals surface area contributed by atoms with Gasteiger partial charge in [0.1, 0.15) is 0 Å². The van der Waals surface area contributed by atoms with Crippen LogP contribution in [-0.2, 0) is 9.47 Å². The molecule has 0 saturated carbocycles. The third kappa shape index (κ3) is 4.42. The van der Waals surface area contributed by atoms with Gasteiger partial charge in [0.25, 0.3) is 0 Å². The Morgan fingerprint density at radius 1 is 0.577 bits per heavy atom. The minimum Gasteiger partial charge on any atom is -0.462 e. The topological polar surface area (TPSA) is 86.7 Å². The lowest BCUT2D eigenvalue weighted by molar-refractivity contribution is 0.0516. The predicted octanol–water partition coefficient (Wildman–Crippen LogP) is 3.11. The van der Waals surface area contributed by atoms with Crippen LogP contribution in [-0.4, -0.2) is 36.7 Å². The van der Waals surface area contributed by atoms with Crippen molar-refractivity contribution < 1.29 is 28.7 Å². The molecule has 2 aromatic rings. The van der Waals surface area contributed by atoms with E-state index in [-0.39, 0.29) is 24.3 Å². The molecule has 0 radical (unpaired) electrons. The van der Waals surface area contributed by atoms with E-state index in [9.17, 15) is 19.2 Å². The van der Waals surface area contributed by atoms with Crippen LogP contribution in [0.15, 0.2) is 48.5 Å². The zero-order chi connectivity index (χ0) is 19.1. The summed E-state index contributed by atoms with van der Waals surface area (Å²) >= 11 is 0. The standard InChI is InChI=1S/C20H18O6/c1-3-25-19(23)15-9-5-13(6-10-15)17(21)18(22)14-7-11-16(12-8-14)20(24)26-4-2/h5-12H,3-4H2,1-2H3. The van der Waals surface area contributed by atoms with Gasteiger partial charge in [-0.2, -0.15) is 0 Å². The Kier molecular flexibility index (Phi) is 6.38. The molecule has 0 aliphatic carbocycles. The summed E-state index contributed by atoms with van der Waals surface area (Å²) in [5, 5.41) is 0. The van der Waals surface area contributed by atoms with E-state index in [1.54, 1.807) is 13.8 Å². The number of Topliss-reactive ketones (excluding diaryl/α,β-unsaturated/α-hetero) is 2. The average molecular weight is 354 g/mol. The molecule has 134 valence electrons. The van der Waals surface area contributed by atoms with Crippen LogP contribution in [0.5, 0.6) is 0 Å². The molecule has 2 rings (SSSR count). The van der Waals surface area contributed by atoms with Gasteiger partial charge >= 0.3 is 11.9 Å². The van der Waals surface area contributed by atoms with Crippen LogP contribution in [0, 0.1) is 0 Å². The summed E-state index contributed by atoms with van der Waals surface area (Å²) < 4.78 is 9.73. The van der Waals surface area contributed by atoms with Gasteiger partial charge in [0.2, 0.25) is 11.6 Å². The first kappa shape index (κ1) is 19.1. The molecule has 0 aliphatic heterocycles. The van der Waals surface area contributed by atoms with Gasteiger partial charge in [-0.1, -0.05) is 24.3 Å². The van der Waals surface area contributed by atoms with E-state index in [2.05, 4.69) is 0 Å². The zero-order valence-electron chi connectivity index (χ0n) is 14.5. The minimum atomic E-state index is -0.704. The van der Waals surface area contributed by atoms with Crippen LogP contribution >= 0.6 is 0 Å². The molecule has 6 nitrogen and oxygen atoms in total. The van der Waals surface area contributed by atoms with Crippen LogP contribution in [0.3, 0.4) is 0 Å². The number of carbonyl (C=O) groups is 4. The molecule has 0 bridgehead atoms. The Labute approximate surface area is 150 Å². The molecule has 0 aliphatic rings. The molecule has 26 heavy (non-hydrogen) atoms. The monoisotopic (exact) mass is 354 g/mol. The number of ketones is 2. The Morgan fingerprint density at radius 2 is 0.846 bits per heavy atom. The lowest BCUT2D eigenvalue weighted by atomic mass is 9.99. The molecule has 0 unspecified atom stereocenters.